The highest BCUT2D eigenvalue weighted by molar-refractivity contribution is 5.82. The maximum Gasteiger partial charge on any atom is 0.416 e. The Morgan fingerprint density at radius 3 is 2.33 bits per heavy atom. The Morgan fingerprint density at radius 1 is 1.26 bits per heavy atom. The molecule has 27 heavy (non-hydrogen) atoms. The highest BCUT2D eigenvalue weighted by Gasteiger charge is 2.32. The summed E-state index contributed by atoms with van der Waals surface area (Å²) >= 11 is 0. The number of hydrogen-bond acceptors (Lipinski definition) is 1. The van der Waals surface area contributed by atoms with E-state index in [4.69, 9.17) is 0 Å². The standard InChI is InChI=1S/C21H28F4N2/c1-8-19(22)15(3)20(5,6)11-12-27(7)16(4)26-17-9-10-18(14(2)13-17)21(23,24)25/h8-10,13H,3,11-12H2,1-2,4-7H3. The molecule has 0 aliphatic rings. The highest BCUT2D eigenvalue weighted by atomic mass is 19.4. The van der Waals surface area contributed by atoms with Crippen LogP contribution in [0.1, 0.15) is 45.2 Å². The molecule has 0 aromatic heterocycles. The number of hydrogen-bond donors (Lipinski definition) is 0. The summed E-state index contributed by atoms with van der Waals surface area (Å²) in [5.74, 6) is 0.357. The molecule has 1 aromatic rings. The maximum atomic E-state index is 13.8. The van der Waals surface area contributed by atoms with Gasteiger partial charge in [-0.1, -0.05) is 26.5 Å². The quantitative estimate of drug-likeness (QED) is 0.227. The van der Waals surface area contributed by atoms with Crippen molar-refractivity contribution < 1.29 is 17.6 Å². The normalized spacial score (nSPS) is 13.7. The predicted molar refractivity (Wildman–Crippen MR) is 104 cm³/mol. The zero-order valence-electron chi connectivity index (χ0n) is 16.8. The molecule has 0 spiro atoms. The summed E-state index contributed by atoms with van der Waals surface area (Å²) in [4.78, 5) is 6.31. The van der Waals surface area contributed by atoms with Crippen molar-refractivity contribution >= 4 is 11.5 Å². The van der Waals surface area contributed by atoms with Gasteiger partial charge in [0.15, 0.2) is 0 Å². The monoisotopic (exact) mass is 384 g/mol. The summed E-state index contributed by atoms with van der Waals surface area (Å²) in [6, 6.07) is 3.84. The van der Waals surface area contributed by atoms with Gasteiger partial charge in [-0.15, -0.1) is 0 Å². The van der Waals surface area contributed by atoms with Gasteiger partial charge in [0, 0.05) is 13.6 Å². The maximum absolute atomic E-state index is 13.8. The summed E-state index contributed by atoms with van der Waals surface area (Å²) in [6.07, 6.45) is -2.32. The van der Waals surface area contributed by atoms with Gasteiger partial charge in [0.05, 0.1) is 11.3 Å². The molecule has 0 heterocycles. The molecule has 2 nitrogen and oxygen atoms in total. The first-order valence-corrected chi connectivity index (χ1v) is 8.75. The molecule has 0 radical (unpaired) electrons. The molecule has 0 fully saturated rings. The van der Waals surface area contributed by atoms with Crippen LogP contribution in [0.2, 0.25) is 0 Å². The molecule has 0 N–H and O–H groups in total. The van der Waals surface area contributed by atoms with Crippen LogP contribution in [0.4, 0.5) is 23.2 Å². The van der Waals surface area contributed by atoms with Crippen LogP contribution in [-0.4, -0.2) is 24.3 Å². The molecule has 0 aliphatic heterocycles. The van der Waals surface area contributed by atoms with E-state index in [9.17, 15) is 17.6 Å². The fraction of sp³-hybridized carbons (Fsp3) is 0.476. The van der Waals surface area contributed by atoms with Crippen molar-refractivity contribution in [2.24, 2.45) is 10.4 Å². The zero-order valence-corrected chi connectivity index (χ0v) is 16.8. The van der Waals surface area contributed by atoms with E-state index in [-0.39, 0.29) is 11.4 Å². The van der Waals surface area contributed by atoms with Crippen LogP contribution in [0.15, 0.2) is 47.2 Å². The third kappa shape index (κ3) is 6.22. The molecule has 0 aliphatic carbocycles. The second-order valence-electron chi connectivity index (χ2n) is 7.33. The van der Waals surface area contributed by atoms with E-state index in [1.54, 1.807) is 13.8 Å². The van der Waals surface area contributed by atoms with E-state index in [1.807, 2.05) is 25.8 Å². The van der Waals surface area contributed by atoms with Crippen molar-refractivity contribution in [3.05, 3.63) is 53.4 Å². The molecule has 0 saturated heterocycles. The minimum atomic E-state index is -4.37. The third-order valence-electron chi connectivity index (χ3n) is 4.79. The molecule has 0 amide bonds. The SMILES string of the molecule is C=C(C(F)=CC)C(C)(C)CCN(C)C(C)=Nc1ccc(C(F)(F)F)c(C)c1. The number of aryl methyl sites for hydroxylation is 1. The van der Waals surface area contributed by atoms with E-state index in [0.717, 1.165) is 6.07 Å². The minimum absolute atomic E-state index is 0.137. The number of nitrogens with zero attached hydrogens (tertiary/aromatic N) is 2. The molecule has 0 bridgehead atoms. The van der Waals surface area contributed by atoms with E-state index >= 15 is 0 Å². The molecule has 1 aromatic carbocycles. The Hall–Kier alpha value is -2.11. The Bertz CT molecular complexity index is 743. The molecule has 0 saturated carbocycles. The van der Waals surface area contributed by atoms with Crippen LogP contribution in [0, 0.1) is 12.3 Å². The van der Waals surface area contributed by atoms with Gasteiger partial charge in [0.1, 0.15) is 11.7 Å². The average molecular weight is 384 g/mol. The summed E-state index contributed by atoms with van der Waals surface area (Å²) in [6.45, 7) is 13.2. The second kappa shape index (κ2) is 8.72. The number of halogens is 4. The first kappa shape index (κ1) is 22.9. The highest BCUT2D eigenvalue weighted by Crippen LogP contribution is 2.35. The first-order chi connectivity index (χ1) is 12.3. The molecular formula is C21H28F4N2. The zero-order chi connectivity index (χ0) is 21.0. The van der Waals surface area contributed by atoms with Gasteiger partial charge in [-0.3, -0.25) is 0 Å². The van der Waals surface area contributed by atoms with Crippen molar-refractivity contribution in [3.8, 4) is 0 Å². The van der Waals surface area contributed by atoms with Crippen molar-refractivity contribution in [3.63, 3.8) is 0 Å². The smallest absolute Gasteiger partial charge is 0.363 e. The molecule has 0 unspecified atom stereocenters. The second-order valence-corrected chi connectivity index (χ2v) is 7.33. The average Bonchev–Trinajstić information content (AvgIpc) is 2.57. The Labute approximate surface area is 159 Å². The Balaban J connectivity index is 2.86. The number of allylic oxidation sites excluding steroid dienone is 3. The van der Waals surface area contributed by atoms with Gasteiger partial charge in [-0.05, 0) is 61.9 Å². The number of amidine groups is 1. The van der Waals surface area contributed by atoms with Gasteiger partial charge in [-0.25, -0.2) is 9.38 Å². The van der Waals surface area contributed by atoms with E-state index < -0.39 is 17.2 Å². The Kier molecular flexibility index (Phi) is 7.40. The van der Waals surface area contributed by atoms with E-state index in [1.165, 1.54) is 25.1 Å². The minimum Gasteiger partial charge on any atom is -0.363 e. The van der Waals surface area contributed by atoms with Crippen molar-refractivity contribution in [2.45, 2.75) is 47.2 Å². The van der Waals surface area contributed by atoms with Crippen LogP contribution >= 0.6 is 0 Å². The van der Waals surface area contributed by atoms with Crippen LogP contribution in [0.25, 0.3) is 0 Å². The topological polar surface area (TPSA) is 15.6 Å². The predicted octanol–water partition coefficient (Wildman–Crippen LogP) is 6.84. The number of benzene rings is 1. The van der Waals surface area contributed by atoms with Crippen LogP contribution < -0.4 is 0 Å². The van der Waals surface area contributed by atoms with Gasteiger partial charge in [0.2, 0.25) is 0 Å². The summed E-state index contributed by atoms with van der Waals surface area (Å²) in [5.41, 5.74) is -0.0205. The molecule has 0 atom stereocenters. The fourth-order valence-corrected chi connectivity index (χ4v) is 2.57. The summed E-state index contributed by atoms with van der Waals surface area (Å²) in [7, 11) is 1.85. The lowest BCUT2D eigenvalue weighted by Gasteiger charge is -2.29. The molecule has 6 heteroatoms. The van der Waals surface area contributed by atoms with E-state index in [0.29, 0.717) is 30.1 Å². The number of alkyl halides is 3. The summed E-state index contributed by atoms with van der Waals surface area (Å²) < 4.78 is 52.3. The van der Waals surface area contributed by atoms with Gasteiger partial charge in [-0.2, -0.15) is 13.2 Å². The lowest BCUT2D eigenvalue weighted by Crippen LogP contribution is -2.29. The van der Waals surface area contributed by atoms with Crippen LogP contribution in [0.5, 0.6) is 0 Å². The van der Waals surface area contributed by atoms with Gasteiger partial charge >= 0.3 is 6.18 Å². The van der Waals surface area contributed by atoms with E-state index in [2.05, 4.69) is 11.6 Å². The lowest BCUT2D eigenvalue weighted by atomic mass is 9.81. The van der Waals surface area contributed by atoms with Crippen molar-refractivity contribution in [1.82, 2.24) is 4.90 Å². The Morgan fingerprint density at radius 2 is 1.85 bits per heavy atom. The van der Waals surface area contributed by atoms with Crippen molar-refractivity contribution in [2.75, 3.05) is 13.6 Å². The third-order valence-corrected chi connectivity index (χ3v) is 4.79. The lowest BCUT2D eigenvalue weighted by molar-refractivity contribution is -0.138. The van der Waals surface area contributed by atoms with Gasteiger partial charge < -0.3 is 4.90 Å². The van der Waals surface area contributed by atoms with Crippen LogP contribution in [-0.2, 0) is 6.18 Å². The fourth-order valence-electron chi connectivity index (χ4n) is 2.57. The molecular weight excluding hydrogens is 356 g/mol. The van der Waals surface area contributed by atoms with Crippen LogP contribution in [0.3, 0.4) is 0 Å². The number of rotatable bonds is 6. The first-order valence-electron chi connectivity index (χ1n) is 8.75. The van der Waals surface area contributed by atoms with Gasteiger partial charge in [0.25, 0.3) is 0 Å². The number of aliphatic imine (C=N–C) groups is 1. The molecule has 150 valence electrons. The summed E-state index contributed by atoms with van der Waals surface area (Å²) in [5, 5.41) is 0. The largest absolute Gasteiger partial charge is 0.416 e. The molecule has 1 rings (SSSR count). The van der Waals surface area contributed by atoms with Crippen molar-refractivity contribution in [1.29, 1.82) is 0 Å².